The number of benzene rings is 1. The zero-order valence-corrected chi connectivity index (χ0v) is 13.5. The average molecular weight is 379 g/mol. The highest BCUT2D eigenvalue weighted by Crippen LogP contribution is 2.42. The van der Waals surface area contributed by atoms with Crippen molar-refractivity contribution in [2.45, 2.75) is 6.54 Å². The molecule has 0 saturated carbocycles. The number of rotatable bonds is 5. The Hall–Kier alpha value is -2.61. The van der Waals surface area contributed by atoms with E-state index in [0.717, 1.165) is 0 Å². The van der Waals surface area contributed by atoms with Crippen molar-refractivity contribution >= 4 is 46.6 Å². The summed E-state index contributed by atoms with van der Waals surface area (Å²) in [6, 6.07) is 5.66. The summed E-state index contributed by atoms with van der Waals surface area (Å²) in [6.45, 7) is 6.83. The maximum absolute atomic E-state index is 12.8. The number of pyridine rings is 1. The van der Waals surface area contributed by atoms with Gasteiger partial charge in [-0.1, -0.05) is 12.1 Å². The molecule has 2 aromatic rings. The van der Waals surface area contributed by atoms with Gasteiger partial charge in [0, 0.05) is 6.54 Å². The molecule has 0 atom stereocenters. The van der Waals surface area contributed by atoms with Crippen LogP contribution in [0.3, 0.4) is 0 Å². The lowest BCUT2D eigenvalue weighted by Gasteiger charge is -2.10. The number of nitrogens with zero attached hydrogens (tertiary/aromatic N) is 3. The van der Waals surface area contributed by atoms with Gasteiger partial charge in [-0.05, 0) is 47.1 Å². The molecule has 2 N–H and O–H groups in total. The van der Waals surface area contributed by atoms with Crippen molar-refractivity contribution in [1.82, 2.24) is 10.3 Å². The fraction of sp³-hybridized carbons (Fsp3) is 0.0667. The third kappa shape index (κ3) is 3.59. The van der Waals surface area contributed by atoms with Gasteiger partial charge in [-0.2, -0.15) is 0 Å². The topological polar surface area (TPSA) is 86.9 Å². The Morgan fingerprint density at radius 1 is 1.26 bits per heavy atom. The van der Waals surface area contributed by atoms with Gasteiger partial charge in [0.25, 0.3) is 5.91 Å². The van der Waals surface area contributed by atoms with E-state index < -0.39 is 11.7 Å². The standard InChI is InChI=1S/C15H12BrFN4O2/c1-18-10-11(19-2)14(16)21-12(13(10)22)15(23)20-7-8-3-5-9(17)6-4-8/h3-6,22H,1-2,7H2,(H,20,23). The molecule has 0 saturated heterocycles. The summed E-state index contributed by atoms with van der Waals surface area (Å²) in [5, 5.41) is 12.7. The van der Waals surface area contributed by atoms with E-state index in [1.54, 1.807) is 12.1 Å². The minimum absolute atomic E-state index is 0.00815. The minimum Gasteiger partial charge on any atom is -0.504 e. The molecule has 1 heterocycles. The number of aliphatic imine (C=N–C) groups is 2. The maximum Gasteiger partial charge on any atom is 0.274 e. The average Bonchev–Trinajstić information content (AvgIpc) is 2.55. The van der Waals surface area contributed by atoms with E-state index in [1.807, 2.05) is 0 Å². The van der Waals surface area contributed by atoms with Crippen LogP contribution in [0.5, 0.6) is 5.75 Å². The molecule has 1 aromatic heterocycles. The van der Waals surface area contributed by atoms with Crippen molar-refractivity contribution in [3.63, 3.8) is 0 Å². The Morgan fingerprint density at radius 2 is 1.87 bits per heavy atom. The van der Waals surface area contributed by atoms with Crippen molar-refractivity contribution in [3.8, 4) is 5.75 Å². The highest BCUT2D eigenvalue weighted by atomic mass is 79.9. The predicted octanol–water partition coefficient (Wildman–Crippen LogP) is 3.28. The van der Waals surface area contributed by atoms with E-state index in [4.69, 9.17) is 0 Å². The number of carbonyl (C=O) groups is 1. The molecule has 0 radical (unpaired) electrons. The first-order valence-corrected chi connectivity index (χ1v) is 7.15. The Balaban J connectivity index is 2.25. The van der Waals surface area contributed by atoms with Crippen LogP contribution >= 0.6 is 15.9 Å². The van der Waals surface area contributed by atoms with Gasteiger partial charge in [0.15, 0.2) is 11.4 Å². The normalized spacial score (nSPS) is 10.2. The first-order valence-electron chi connectivity index (χ1n) is 6.36. The summed E-state index contributed by atoms with van der Waals surface area (Å²) in [5.41, 5.74) is 0.667. The molecule has 0 fully saturated rings. The van der Waals surface area contributed by atoms with E-state index in [1.165, 1.54) is 12.1 Å². The predicted molar refractivity (Wildman–Crippen MR) is 89.6 cm³/mol. The first kappa shape index (κ1) is 16.8. The lowest BCUT2D eigenvalue weighted by molar-refractivity contribution is 0.0943. The van der Waals surface area contributed by atoms with Gasteiger partial charge in [0.05, 0.1) is 0 Å². The Kier molecular flexibility index (Phi) is 5.17. The van der Waals surface area contributed by atoms with E-state index in [9.17, 15) is 14.3 Å². The number of nitrogens with one attached hydrogen (secondary N) is 1. The molecule has 2 rings (SSSR count). The van der Waals surface area contributed by atoms with Gasteiger partial charge < -0.3 is 10.4 Å². The highest BCUT2D eigenvalue weighted by Gasteiger charge is 2.21. The van der Waals surface area contributed by atoms with E-state index >= 15 is 0 Å². The van der Waals surface area contributed by atoms with Gasteiger partial charge in [0.2, 0.25) is 0 Å². The molecule has 1 amide bonds. The van der Waals surface area contributed by atoms with Crippen LogP contribution in [0.15, 0.2) is 38.9 Å². The summed E-state index contributed by atoms with van der Waals surface area (Å²) in [5.74, 6) is -1.42. The smallest absolute Gasteiger partial charge is 0.274 e. The van der Waals surface area contributed by atoms with Crippen LogP contribution in [0.25, 0.3) is 0 Å². The number of halogens is 2. The maximum atomic E-state index is 12.8. The molecule has 23 heavy (non-hydrogen) atoms. The zero-order chi connectivity index (χ0) is 17.0. The molecular formula is C15H12BrFN4O2. The number of aromatic hydroxyl groups is 1. The van der Waals surface area contributed by atoms with Crippen LogP contribution in [0.1, 0.15) is 16.1 Å². The monoisotopic (exact) mass is 378 g/mol. The summed E-state index contributed by atoms with van der Waals surface area (Å²) in [7, 11) is 0. The van der Waals surface area contributed by atoms with Crippen molar-refractivity contribution < 1.29 is 14.3 Å². The third-order valence-corrected chi connectivity index (χ3v) is 3.53. The summed E-state index contributed by atoms with van der Waals surface area (Å²) >= 11 is 3.14. The number of amides is 1. The molecule has 1 aromatic carbocycles. The molecular weight excluding hydrogens is 367 g/mol. The van der Waals surface area contributed by atoms with Gasteiger partial charge >= 0.3 is 0 Å². The van der Waals surface area contributed by atoms with E-state index in [2.05, 4.69) is 49.7 Å². The van der Waals surface area contributed by atoms with Gasteiger partial charge in [-0.3, -0.25) is 14.8 Å². The van der Waals surface area contributed by atoms with Gasteiger partial charge in [-0.25, -0.2) is 9.37 Å². The summed E-state index contributed by atoms with van der Waals surface area (Å²) in [6.07, 6.45) is 0. The minimum atomic E-state index is -0.618. The van der Waals surface area contributed by atoms with Crippen LogP contribution in [0.4, 0.5) is 15.8 Å². The van der Waals surface area contributed by atoms with E-state index in [-0.39, 0.29) is 34.0 Å². The van der Waals surface area contributed by atoms with Crippen molar-refractivity contribution in [3.05, 3.63) is 45.9 Å². The molecule has 0 unspecified atom stereocenters. The van der Waals surface area contributed by atoms with Crippen LogP contribution < -0.4 is 5.32 Å². The second-order valence-corrected chi connectivity index (χ2v) is 5.17. The number of hydrogen-bond donors (Lipinski definition) is 2. The molecule has 0 spiro atoms. The Morgan fingerprint density at radius 3 is 2.43 bits per heavy atom. The second-order valence-electron chi connectivity index (χ2n) is 4.42. The summed E-state index contributed by atoms with van der Waals surface area (Å²) in [4.78, 5) is 23.5. The Labute approximate surface area is 139 Å². The van der Waals surface area contributed by atoms with Gasteiger partial charge in [-0.15, -0.1) is 0 Å². The van der Waals surface area contributed by atoms with Gasteiger partial charge in [0.1, 0.15) is 21.8 Å². The largest absolute Gasteiger partial charge is 0.504 e. The van der Waals surface area contributed by atoms with Crippen LogP contribution in [0.2, 0.25) is 0 Å². The fourth-order valence-electron chi connectivity index (χ4n) is 1.84. The molecule has 0 aliphatic carbocycles. The van der Waals surface area contributed by atoms with E-state index in [0.29, 0.717) is 5.56 Å². The number of aromatic nitrogens is 1. The van der Waals surface area contributed by atoms with Crippen molar-refractivity contribution in [2.75, 3.05) is 0 Å². The first-order chi connectivity index (χ1) is 11.0. The molecule has 6 nitrogen and oxygen atoms in total. The SMILES string of the molecule is C=Nc1c(Br)nc(C(=O)NCc2ccc(F)cc2)c(O)c1N=C. The van der Waals surface area contributed by atoms with Crippen LogP contribution in [-0.2, 0) is 6.54 Å². The molecule has 118 valence electrons. The van der Waals surface area contributed by atoms with Crippen LogP contribution in [-0.4, -0.2) is 29.4 Å². The molecule has 0 aliphatic rings. The molecule has 0 bridgehead atoms. The lowest BCUT2D eigenvalue weighted by atomic mass is 10.2. The number of carbonyl (C=O) groups excluding carboxylic acids is 1. The molecule has 8 heteroatoms. The lowest BCUT2D eigenvalue weighted by Crippen LogP contribution is -2.24. The fourth-order valence-corrected chi connectivity index (χ4v) is 2.33. The quantitative estimate of drug-likeness (QED) is 0.618. The van der Waals surface area contributed by atoms with Crippen LogP contribution in [0, 0.1) is 5.82 Å². The van der Waals surface area contributed by atoms with Crippen molar-refractivity contribution in [2.24, 2.45) is 9.98 Å². The zero-order valence-electron chi connectivity index (χ0n) is 11.9. The summed E-state index contributed by atoms with van der Waals surface area (Å²) < 4.78 is 13.0. The van der Waals surface area contributed by atoms with Crippen molar-refractivity contribution in [1.29, 1.82) is 0 Å². The highest BCUT2D eigenvalue weighted by molar-refractivity contribution is 9.10. The third-order valence-electron chi connectivity index (χ3n) is 2.98. The second kappa shape index (κ2) is 7.10. The Bertz CT molecular complexity index is 778. The number of hydrogen-bond acceptors (Lipinski definition) is 5. The molecule has 0 aliphatic heterocycles.